The molecule has 0 spiro atoms. The highest BCUT2D eigenvalue weighted by atomic mass is 35.5. The quantitative estimate of drug-likeness (QED) is 0.817. The van der Waals surface area contributed by atoms with E-state index in [0.29, 0.717) is 18.1 Å². The zero-order chi connectivity index (χ0) is 15.9. The van der Waals surface area contributed by atoms with Crippen LogP contribution in [-0.2, 0) is 9.53 Å². The van der Waals surface area contributed by atoms with Crippen LogP contribution >= 0.6 is 11.6 Å². The largest absolute Gasteiger partial charge is 0.466 e. The van der Waals surface area contributed by atoms with Crippen LogP contribution in [0.1, 0.15) is 37.9 Å². The third-order valence-corrected chi connectivity index (χ3v) is 4.43. The first-order valence-corrected chi connectivity index (χ1v) is 8.30. The van der Waals surface area contributed by atoms with Crippen molar-refractivity contribution >= 4 is 17.6 Å². The highest BCUT2D eigenvalue weighted by Crippen LogP contribution is 2.22. The number of likely N-dealkylation sites (tertiary alicyclic amines) is 1. The van der Waals surface area contributed by atoms with Gasteiger partial charge in [-0.1, -0.05) is 23.7 Å². The van der Waals surface area contributed by atoms with Gasteiger partial charge in [-0.2, -0.15) is 0 Å². The first-order valence-electron chi connectivity index (χ1n) is 7.92. The first-order chi connectivity index (χ1) is 10.6. The number of nitrogens with zero attached hydrogens (tertiary/aromatic N) is 1. The van der Waals surface area contributed by atoms with Gasteiger partial charge >= 0.3 is 5.97 Å². The molecule has 1 unspecified atom stereocenters. The Balaban J connectivity index is 1.72. The lowest BCUT2D eigenvalue weighted by Gasteiger charge is -2.31. The molecule has 1 aromatic rings. The lowest BCUT2D eigenvalue weighted by Crippen LogP contribution is -2.37. The summed E-state index contributed by atoms with van der Waals surface area (Å²) >= 11 is 5.85. The van der Waals surface area contributed by atoms with Crippen molar-refractivity contribution in [1.82, 2.24) is 4.90 Å². The van der Waals surface area contributed by atoms with Crippen molar-refractivity contribution in [2.75, 3.05) is 26.2 Å². The van der Waals surface area contributed by atoms with Gasteiger partial charge < -0.3 is 14.7 Å². The zero-order valence-electron chi connectivity index (χ0n) is 13.0. The zero-order valence-corrected chi connectivity index (χ0v) is 13.8. The average Bonchev–Trinajstić information content (AvgIpc) is 2.54. The number of carbonyl (C=O) groups excluding carboxylic acids is 1. The van der Waals surface area contributed by atoms with Crippen molar-refractivity contribution < 1.29 is 14.6 Å². The molecular formula is C17H24ClNO3. The smallest absolute Gasteiger partial charge is 0.309 e. The van der Waals surface area contributed by atoms with Crippen molar-refractivity contribution in [3.8, 4) is 0 Å². The molecule has 1 atom stereocenters. The summed E-state index contributed by atoms with van der Waals surface area (Å²) in [6.45, 7) is 4.89. The van der Waals surface area contributed by atoms with E-state index in [9.17, 15) is 9.90 Å². The van der Waals surface area contributed by atoms with Gasteiger partial charge in [-0.3, -0.25) is 4.79 Å². The number of aliphatic hydroxyl groups excluding tert-OH is 1. The summed E-state index contributed by atoms with van der Waals surface area (Å²) in [6, 6.07) is 7.32. The number of benzene rings is 1. The summed E-state index contributed by atoms with van der Waals surface area (Å²) in [5, 5.41) is 10.9. The SMILES string of the molecule is CCOC(=O)C1CCN(CCC(O)c2ccc(Cl)cc2)CC1. The van der Waals surface area contributed by atoms with Crippen LogP contribution in [-0.4, -0.2) is 42.2 Å². The maximum Gasteiger partial charge on any atom is 0.309 e. The number of rotatable bonds is 6. The van der Waals surface area contributed by atoms with Gasteiger partial charge in [0.2, 0.25) is 0 Å². The summed E-state index contributed by atoms with van der Waals surface area (Å²) in [5.74, 6) is -0.0271. The molecule has 2 rings (SSSR count). The molecular weight excluding hydrogens is 302 g/mol. The van der Waals surface area contributed by atoms with Crippen LogP contribution in [0.4, 0.5) is 0 Å². The minimum absolute atomic E-state index is 0.0392. The monoisotopic (exact) mass is 325 g/mol. The molecule has 0 amide bonds. The van der Waals surface area contributed by atoms with E-state index in [2.05, 4.69) is 4.90 Å². The molecule has 122 valence electrons. The lowest BCUT2D eigenvalue weighted by atomic mass is 9.96. The van der Waals surface area contributed by atoms with E-state index in [-0.39, 0.29) is 11.9 Å². The molecule has 1 fully saturated rings. The molecule has 1 aromatic carbocycles. The fraction of sp³-hybridized carbons (Fsp3) is 0.588. The molecule has 22 heavy (non-hydrogen) atoms. The van der Waals surface area contributed by atoms with Crippen LogP contribution in [0.15, 0.2) is 24.3 Å². The first kappa shape index (κ1) is 17.3. The number of ether oxygens (including phenoxy) is 1. The van der Waals surface area contributed by atoms with Gasteiger partial charge in [0, 0.05) is 11.6 Å². The predicted octanol–water partition coefficient (Wildman–Crippen LogP) is 3.04. The second kappa shape index (κ2) is 8.51. The van der Waals surface area contributed by atoms with Crippen molar-refractivity contribution in [3.05, 3.63) is 34.9 Å². The Kier molecular flexibility index (Phi) is 6.68. The van der Waals surface area contributed by atoms with Crippen LogP contribution < -0.4 is 0 Å². The standard InChI is InChI=1S/C17H24ClNO3/c1-2-22-17(21)14-7-10-19(11-8-14)12-9-16(20)13-3-5-15(18)6-4-13/h3-6,14,16,20H,2,7-12H2,1H3. The predicted molar refractivity (Wildman–Crippen MR) is 86.8 cm³/mol. The van der Waals surface area contributed by atoms with Crippen LogP contribution in [0.5, 0.6) is 0 Å². The maximum absolute atomic E-state index is 11.7. The third kappa shape index (κ3) is 4.97. The molecule has 0 aliphatic carbocycles. The van der Waals surface area contributed by atoms with Crippen molar-refractivity contribution in [2.24, 2.45) is 5.92 Å². The van der Waals surface area contributed by atoms with Crippen molar-refractivity contribution in [3.63, 3.8) is 0 Å². The molecule has 0 bridgehead atoms. The Hall–Kier alpha value is -1.10. The normalized spacial score (nSPS) is 18.1. The van der Waals surface area contributed by atoms with Gasteiger partial charge in [0.15, 0.2) is 0 Å². The van der Waals surface area contributed by atoms with E-state index in [1.54, 1.807) is 12.1 Å². The van der Waals surface area contributed by atoms with Gasteiger partial charge in [0.05, 0.1) is 18.6 Å². The van der Waals surface area contributed by atoms with Crippen molar-refractivity contribution in [2.45, 2.75) is 32.3 Å². The molecule has 5 heteroatoms. The second-order valence-corrected chi connectivity index (χ2v) is 6.16. The molecule has 1 saturated heterocycles. The van der Waals surface area contributed by atoms with Gasteiger partial charge in [0.25, 0.3) is 0 Å². The minimum atomic E-state index is -0.472. The average molecular weight is 326 g/mol. The number of piperidine rings is 1. The molecule has 0 saturated carbocycles. The highest BCUT2D eigenvalue weighted by molar-refractivity contribution is 6.30. The topological polar surface area (TPSA) is 49.8 Å². The molecule has 0 aromatic heterocycles. The van der Waals surface area contributed by atoms with Gasteiger partial charge in [-0.05, 0) is 57.0 Å². The van der Waals surface area contributed by atoms with Crippen molar-refractivity contribution in [1.29, 1.82) is 0 Å². The lowest BCUT2D eigenvalue weighted by molar-refractivity contribution is -0.149. The van der Waals surface area contributed by atoms with E-state index in [1.165, 1.54) is 0 Å². The van der Waals surface area contributed by atoms with E-state index in [4.69, 9.17) is 16.3 Å². The van der Waals surface area contributed by atoms with Gasteiger partial charge in [0.1, 0.15) is 0 Å². The molecule has 0 radical (unpaired) electrons. The Morgan fingerprint density at radius 1 is 1.36 bits per heavy atom. The number of carbonyl (C=O) groups is 1. The molecule has 1 aliphatic rings. The Morgan fingerprint density at radius 3 is 2.59 bits per heavy atom. The number of hydrogen-bond acceptors (Lipinski definition) is 4. The molecule has 1 heterocycles. The van der Waals surface area contributed by atoms with E-state index >= 15 is 0 Å². The summed E-state index contributed by atoms with van der Waals surface area (Å²) in [6.07, 6.45) is 1.90. The molecule has 4 nitrogen and oxygen atoms in total. The minimum Gasteiger partial charge on any atom is -0.466 e. The number of hydrogen-bond donors (Lipinski definition) is 1. The fourth-order valence-electron chi connectivity index (χ4n) is 2.81. The molecule has 1 N–H and O–H groups in total. The number of esters is 1. The van der Waals surface area contributed by atoms with Crippen LogP contribution in [0.3, 0.4) is 0 Å². The summed E-state index contributed by atoms with van der Waals surface area (Å²) in [5.41, 5.74) is 0.894. The van der Waals surface area contributed by atoms with Crippen LogP contribution in [0, 0.1) is 5.92 Å². The third-order valence-electron chi connectivity index (χ3n) is 4.18. The fourth-order valence-corrected chi connectivity index (χ4v) is 2.93. The van der Waals surface area contributed by atoms with Gasteiger partial charge in [-0.25, -0.2) is 0 Å². The van der Waals surface area contributed by atoms with E-state index in [0.717, 1.165) is 38.0 Å². The Morgan fingerprint density at radius 2 is 2.00 bits per heavy atom. The Labute approximate surface area is 137 Å². The van der Waals surface area contributed by atoms with E-state index in [1.807, 2.05) is 19.1 Å². The van der Waals surface area contributed by atoms with Gasteiger partial charge in [-0.15, -0.1) is 0 Å². The number of halogens is 1. The number of aliphatic hydroxyl groups is 1. The van der Waals surface area contributed by atoms with Crippen LogP contribution in [0.2, 0.25) is 5.02 Å². The van der Waals surface area contributed by atoms with E-state index < -0.39 is 6.10 Å². The Bertz CT molecular complexity index is 469. The summed E-state index contributed by atoms with van der Waals surface area (Å²) in [7, 11) is 0. The molecule has 1 aliphatic heterocycles. The second-order valence-electron chi connectivity index (χ2n) is 5.72. The summed E-state index contributed by atoms with van der Waals surface area (Å²) in [4.78, 5) is 14.0. The highest BCUT2D eigenvalue weighted by Gasteiger charge is 2.26. The van der Waals surface area contributed by atoms with Crippen LogP contribution in [0.25, 0.3) is 0 Å². The summed E-state index contributed by atoms with van der Waals surface area (Å²) < 4.78 is 5.07. The maximum atomic E-state index is 11.7.